The minimum Gasteiger partial charge on any atom is -0.356 e. The second kappa shape index (κ2) is 5.41. The average molecular weight is 302 g/mol. The second-order valence-electron chi connectivity index (χ2n) is 4.56. The Morgan fingerprint density at radius 3 is 2.81 bits per heavy atom. The summed E-state index contributed by atoms with van der Waals surface area (Å²) in [6.07, 6.45) is 1.89. The summed E-state index contributed by atoms with van der Waals surface area (Å²) in [6, 6.07) is 6.88. The van der Waals surface area contributed by atoms with Gasteiger partial charge in [-0.2, -0.15) is 0 Å². The Hall–Kier alpha value is -2.61. The van der Waals surface area contributed by atoms with Gasteiger partial charge in [0.2, 0.25) is 10.1 Å². The second-order valence-corrected chi connectivity index (χ2v) is 5.51. The van der Waals surface area contributed by atoms with E-state index < -0.39 is 6.03 Å². The molecule has 0 aliphatic heterocycles. The fourth-order valence-corrected chi connectivity index (χ4v) is 2.73. The first-order chi connectivity index (χ1) is 10.1. The van der Waals surface area contributed by atoms with Gasteiger partial charge in [-0.3, -0.25) is 0 Å². The zero-order chi connectivity index (χ0) is 14.8. The Morgan fingerprint density at radius 2 is 2.14 bits per heavy atom. The molecule has 0 unspecified atom stereocenters. The molecule has 0 aliphatic carbocycles. The maximum absolute atomic E-state index is 10.7. The van der Waals surface area contributed by atoms with Gasteiger partial charge >= 0.3 is 6.03 Å². The van der Waals surface area contributed by atoms with Crippen LogP contribution in [-0.2, 0) is 6.54 Å². The zero-order valence-electron chi connectivity index (χ0n) is 11.3. The summed E-state index contributed by atoms with van der Waals surface area (Å²) >= 11 is 1.51. The lowest BCUT2D eigenvalue weighted by Crippen LogP contribution is -2.19. The molecule has 0 bridgehead atoms. The van der Waals surface area contributed by atoms with Crippen LogP contribution in [-0.4, -0.2) is 20.6 Å². The third kappa shape index (κ3) is 3.11. The van der Waals surface area contributed by atoms with E-state index in [1.165, 1.54) is 11.3 Å². The van der Waals surface area contributed by atoms with Gasteiger partial charge in [-0.1, -0.05) is 23.5 Å². The lowest BCUT2D eigenvalue weighted by Gasteiger charge is -2.05. The van der Waals surface area contributed by atoms with Crippen LogP contribution in [0.15, 0.2) is 30.5 Å². The molecule has 0 atom stereocenters. The highest BCUT2D eigenvalue weighted by atomic mass is 32.1. The summed E-state index contributed by atoms with van der Waals surface area (Å²) in [5, 5.41) is 11.0. The van der Waals surface area contributed by atoms with E-state index in [2.05, 4.69) is 20.7 Å². The number of primary amides is 1. The first-order valence-electron chi connectivity index (χ1n) is 6.32. The van der Waals surface area contributed by atoms with Crippen molar-refractivity contribution >= 4 is 33.1 Å². The normalized spacial score (nSPS) is 10.7. The van der Waals surface area contributed by atoms with E-state index in [4.69, 9.17) is 5.73 Å². The van der Waals surface area contributed by atoms with Gasteiger partial charge in [-0.25, -0.2) is 14.3 Å². The van der Waals surface area contributed by atoms with Crippen molar-refractivity contribution in [1.29, 1.82) is 0 Å². The molecule has 1 aromatic carbocycles. The number of rotatable bonds is 4. The number of urea groups is 1. The zero-order valence-corrected chi connectivity index (χ0v) is 12.1. The average Bonchev–Trinajstić information content (AvgIpc) is 2.94. The van der Waals surface area contributed by atoms with Gasteiger partial charge < -0.3 is 16.4 Å². The number of nitrogens with two attached hydrogens (primary N) is 1. The maximum atomic E-state index is 10.7. The summed E-state index contributed by atoms with van der Waals surface area (Å²) in [7, 11) is 0. The molecule has 0 saturated heterocycles. The molecule has 0 spiro atoms. The molecule has 0 fully saturated rings. The maximum Gasteiger partial charge on any atom is 0.316 e. The number of hydrogen-bond acceptors (Lipinski definition) is 5. The van der Waals surface area contributed by atoms with Crippen LogP contribution < -0.4 is 16.4 Å². The number of aryl methyl sites for hydroxylation is 1. The van der Waals surface area contributed by atoms with Crippen LogP contribution in [0.5, 0.6) is 0 Å². The number of anilines is 2. The molecule has 3 aromatic rings. The van der Waals surface area contributed by atoms with E-state index >= 15 is 0 Å². The predicted molar refractivity (Wildman–Crippen MR) is 82.6 cm³/mol. The highest BCUT2D eigenvalue weighted by Crippen LogP contribution is 2.20. The van der Waals surface area contributed by atoms with E-state index in [0.717, 1.165) is 21.3 Å². The van der Waals surface area contributed by atoms with Crippen molar-refractivity contribution in [2.75, 3.05) is 10.6 Å². The third-order valence-corrected chi connectivity index (χ3v) is 3.71. The fourth-order valence-electron chi connectivity index (χ4n) is 1.91. The molecule has 8 heteroatoms. The van der Waals surface area contributed by atoms with E-state index in [9.17, 15) is 4.79 Å². The summed E-state index contributed by atoms with van der Waals surface area (Å²) in [6.45, 7) is 2.59. The molecule has 4 N–H and O–H groups in total. The van der Waals surface area contributed by atoms with Crippen molar-refractivity contribution in [3.63, 3.8) is 0 Å². The summed E-state index contributed by atoms with van der Waals surface area (Å²) in [5.41, 5.74) is 7.77. The number of carbonyl (C=O) groups excluding carboxylic acids is 1. The van der Waals surface area contributed by atoms with E-state index in [1.807, 2.05) is 25.3 Å². The first kappa shape index (κ1) is 13.4. The Bertz CT molecular complexity index is 744. The Morgan fingerprint density at radius 1 is 1.38 bits per heavy atom. The molecule has 0 radical (unpaired) electrons. The minimum atomic E-state index is -0.567. The van der Waals surface area contributed by atoms with Crippen LogP contribution in [0.3, 0.4) is 0 Å². The highest BCUT2D eigenvalue weighted by molar-refractivity contribution is 7.20. The van der Waals surface area contributed by atoms with Gasteiger partial charge in [0.15, 0.2) is 0 Å². The summed E-state index contributed by atoms with van der Waals surface area (Å²) in [5.74, 6) is 0. The molecule has 0 aliphatic rings. The van der Waals surface area contributed by atoms with E-state index in [1.54, 1.807) is 16.6 Å². The molecule has 2 heterocycles. The number of carbonyl (C=O) groups is 1. The van der Waals surface area contributed by atoms with Crippen LogP contribution in [0.1, 0.15) is 11.3 Å². The monoisotopic (exact) mass is 302 g/mol. The number of fused-ring (bicyclic) bond motifs is 1. The fraction of sp³-hybridized carbons (Fsp3) is 0.154. The number of benzene rings is 1. The Labute approximate surface area is 124 Å². The van der Waals surface area contributed by atoms with Crippen molar-refractivity contribution in [2.24, 2.45) is 5.73 Å². The van der Waals surface area contributed by atoms with E-state index in [0.29, 0.717) is 12.2 Å². The molecule has 108 valence electrons. The third-order valence-electron chi connectivity index (χ3n) is 2.83. The lowest BCUT2D eigenvalue weighted by atomic mass is 10.2. The predicted octanol–water partition coefficient (Wildman–Crippen LogP) is 2.20. The number of amides is 2. The van der Waals surface area contributed by atoms with Crippen molar-refractivity contribution in [3.05, 3.63) is 41.7 Å². The highest BCUT2D eigenvalue weighted by Gasteiger charge is 2.05. The van der Waals surface area contributed by atoms with Gasteiger partial charge in [0, 0.05) is 12.2 Å². The first-order valence-corrected chi connectivity index (χ1v) is 7.14. The molecule has 21 heavy (non-hydrogen) atoms. The topological polar surface area (TPSA) is 97.3 Å². The van der Waals surface area contributed by atoms with E-state index in [-0.39, 0.29) is 0 Å². The molecule has 2 amide bonds. The molecule has 0 saturated carbocycles. The van der Waals surface area contributed by atoms with Crippen LogP contribution >= 0.6 is 11.3 Å². The Balaban J connectivity index is 1.63. The van der Waals surface area contributed by atoms with Gasteiger partial charge in [0.1, 0.15) is 0 Å². The van der Waals surface area contributed by atoms with Crippen LogP contribution in [0.25, 0.3) is 4.96 Å². The Kier molecular flexibility index (Phi) is 3.44. The SMILES string of the molecule is Cc1cn2nc(NCc3ccc(NC(N)=O)cc3)sc2n1. The number of imidazole rings is 1. The summed E-state index contributed by atoms with van der Waals surface area (Å²) < 4.78 is 1.77. The van der Waals surface area contributed by atoms with Crippen molar-refractivity contribution in [3.8, 4) is 0 Å². The number of hydrogen-bond donors (Lipinski definition) is 3. The molecular weight excluding hydrogens is 288 g/mol. The summed E-state index contributed by atoms with van der Waals surface area (Å²) in [4.78, 5) is 16.0. The van der Waals surface area contributed by atoms with Crippen LogP contribution in [0.2, 0.25) is 0 Å². The van der Waals surface area contributed by atoms with Gasteiger partial charge in [-0.05, 0) is 24.6 Å². The largest absolute Gasteiger partial charge is 0.356 e. The molecular formula is C13H14N6OS. The van der Waals surface area contributed by atoms with Crippen molar-refractivity contribution < 1.29 is 4.79 Å². The van der Waals surface area contributed by atoms with Gasteiger partial charge in [-0.15, -0.1) is 5.10 Å². The van der Waals surface area contributed by atoms with Crippen LogP contribution in [0, 0.1) is 6.92 Å². The lowest BCUT2D eigenvalue weighted by molar-refractivity contribution is 0.259. The van der Waals surface area contributed by atoms with Crippen molar-refractivity contribution in [2.45, 2.75) is 13.5 Å². The van der Waals surface area contributed by atoms with Crippen molar-refractivity contribution in [1.82, 2.24) is 14.6 Å². The molecule has 7 nitrogen and oxygen atoms in total. The van der Waals surface area contributed by atoms with Gasteiger partial charge in [0.05, 0.1) is 11.9 Å². The smallest absolute Gasteiger partial charge is 0.316 e. The quantitative estimate of drug-likeness (QED) is 0.688. The van der Waals surface area contributed by atoms with Crippen LogP contribution in [0.4, 0.5) is 15.6 Å². The number of nitrogens with zero attached hydrogens (tertiary/aromatic N) is 3. The number of aromatic nitrogens is 3. The molecule has 2 aromatic heterocycles. The minimum absolute atomic E-state index is 0.567. The molecule has 3 rings (SSSR count). The standard InChI is InChI=1S/C13H14N6OS/c1-8-7-19-13(16-8)21-12(18-19)15-6-9-2-4-10(5-3-9)17-11(14)20/h2-5,7H,6H2,1H3,(H,15,18)(H3,14,17,20). The van der Waals surface area contributed by atoms with Gasteiger partial charge in [0.25, 0.3) is 0 Å². The number of nitrogens with one attached hydrogen (secondary N) is 2.